The number of hydrazine groups is 1. The number of hydrogen-bond acceptors (Lipinski definition) is 4. The number of nitrogens with one attached hydrogen (secondary N) is 1. The minimum Gasteiger partial charge on any atom is -0.443 e. The summed E-state index contributed by atoms with van der Waals surface area (Å²) >= 11 is 0. The third-order valence-electron chi connectivity index (χ3n) is 2.11. The van der Waals surface area contributed by atoms with E-state index in [0.717, 1.165) is 19.4 Å². The van der Waals surface area contributed by atoms with Crippen LogP contribution in [0.25, 0.3) is 0 Å². The molecule has 0 aromatic heterocycles. The minimum absolute atomic E-state index is 0.147. The lowest BCUT2D eigenvalue weighted by molar-refractivity contribution is 0.0284. The molecule has 1 aliphatic heterocycles. The molecule has 1 heterocycles. The summed E-state index contributed by atoms with van der Waals surface area (Å²) in [6.07, 6.45) is 1.63. The fraction of sp³-hybridized carbons (Fsp3) is 0.900. The van der Waals surface area contributed by atoms with Gasteiger partial charge in [-0.2, -0.15) is 0 Å². The normalized spacial score (nSPS) is 23.6. The summed E-state index contributed by atoms with van der Waals surface area (Å²) in [5.41, 5.74) is 8.04. The standard InChI is InChI=1S/C10H21N3O2/c1-10(2,3)15-9(14)12-13-6-4-5-8(11)7-13/h8H,4-7,11H2,1-3H3,(H,12,14). The number of amides is 1. The summed E-state index contributed by atoms with van der Waals surface area (Å²) in [7, 11) is 0. The Hall–Kier alpha value is -0.810. The molecule has 0 radical (unpaired) electrons. The van der Waals surface area contributed by atoms with Gasteiger partial charge < -0.3 is 10.5 Å². The van der Waals surface area contributed by atoms with Gasteiger partial charge in [-0.25, -0.2) is 9.80 Å². The van der Waals surface area contributed by atoms with E-state index in [-0.39, 0.29) is 6.04 Å². The van der Waals surface area contributed by atoms with Crippen molar-refractivity contribution in [2.45, 2.75) is 45.3 Å². The van der Waals surface area contributed by atoms with Gasteiger partial charge in [0.1, 0.15) is 5.60 Å². The molecule has 1 rings (SSSR count). The Morgan fingerprint density at radius 1 is 1.53 bits per heavy atom. The van der Waals surface area contributed by atoms with Crippen LogP contribution in [0.1, 0.15) is 33.6 Å². The van der Waals surface area contributed by atoms with E-state index in [2.05, 4.69) is 5.43 Å². The van der Waals surface area contributed by atoms with Crippen molar-refractivity contribution in [2.75, 3.05) is 13.1 Å². The number of rotatable bonds is 1. The predicted octanol–water partition coefficient (Wildman–Crippen LogP) is 0.849. The lowest BCUT2D eigenvalue weighted by Crippen LogP contribution is -2.52. The Morgan fingerprint density at radius 3 is 2.73 bits per heavy atom. The third kappa shape index (κ3) is 4.99. The summed E-state index contributed by atoms with van der Waals surface area (Å²) in [4.78, 5) is 11.4. The molecule has 15 heavy (non-hydrogen) atoms. The molecule has 5 nitrogen and oxygen atoms in total. The van der Waals surface area contributed by atoms with Crippen LogP contribution in [-0.2, 0) is 4.74 Å². The van der Waals surface area contributed by atoms with Gasteiger partial charge in [-0.05, 0) is 33.6 Å². The monoisotopic (exact) mass is 215 g/mol. The van der Waals surface area contributed by atoms with Gasteiger partial charge in [0.25, 0.3) is 0 Å². The van der Waals surface area contributed by atoms with Crippen LogP contribution in [0.2, 0.25) is 0 Å². The summed E-state index contributed by atoms with van der Waals surface area (Å²) in [6, 6.07) is 0.147. The Labute approximate surface area is 90.9 Å². The average Bonchev–Trinajstić information content (AvgIpc) is 1.99. The highest BCUT2D eigenvalue weighted by atomic mass is 16.6. The number of hydrogen-bond donors (Lipinski definition) is 2. The SMILES string of the molecule is CC(C)(C)OC(=O)NN1CCCC(N)C1. The molecule has 1 amide bonds. The fourth-order valence-corrected chi connectivity index (χ4v) is 1.54. The van der Waals surface area contributed by atoms with Crippen LogP contribution >= 0.6 is 0 Å². The molecular weight excluding hydrogens is 194 g/mol. The lowest BCUT2D eigenvalue weighted by atomic mass is 10.1. The zero-order valence-corrected chi connectivity index (χ0v) is 9.75. The van der Waals surface area contributed by atoms with Crippen molar-refractivity contribution < 1.29 is 9.53 Å². The molecule has 1 atom stereocenters. The molecule has 0 spiro atoms. The van der Waals surface area contributed by atoms with Gasteiger partial charge in [0.15, 0.2) is 0 Å². The molecule has 3 N–H and O–H groups in total. The van der Waals surface area contributed by atoms with Crippen molar-refractivity contribution in [2.24, 2.45) is 5.73 Å². The Balaban J connectivity index is 2.31. The number of carbonyl (C=O) groups is 1. The lowest BCUT2D eigenvalue weighted by Gasteiger charge is -2.31. The van der Waals surface area contributed by atoms with Gasteiger partial charge in [0.05, 0.1) is 0 Å². The van der Waals surface area contributed by atoms with Crippen molar-refractivity contribution in [3.63, 3.8) is 0 Å². The minimum atomic E-state index is -0.456. The van der Waals surface area contributed by atoms with Crippen LogP contribution < -0.4 is 11.2 Å². The van der Waals surface area contributed by atoms with Gasteiger partial charge in [-0.1, -0.05) is 0 Å². The van der Waals surface area contributed by atoms with E-state index in [0.29, 0.717) is 6.54 Å². The number of piperidine rings is 1. The summed E-state index contributed by atoms with van der Waals surface area (Å²) in [6.45, 7) is 7.06. The fourth-order valence-electron chi connectivity index (χ4n) is 1.54. The Morgan fingerprint density at radius 2 is 2.20 bits per heavy atom. The molecule has 1 unspecified atom stereocenters. The zero-order chi connectivity index (χ0) is 11.5. The van der Waals surface area contributed by atoms with Gasteiger partial charge >= 0.3 is 6.09 Å². The first-order chi connectivity index (χ1) is 6.87. The second-order valence-corrected chi connectivity index (χ2v) is 4.96. The Bertz CT molecular complexity index is 225. The first kappa shape index (κ1) is 12.3. The van der Waals surface area contributed by atoms with E-state index in [9.17, 15) is 4.79 Å². The highest BCUT2D eigenvalue weighted by Gasteiger charge is 2.21. The van der Waals surface area contributed by atoms with Gasteiger partial charge in [-0.3, -0.25) is 5.43 Å². The van der Waals surface area contributed by atoms with Crippen LogP contribution in [0.15, 0.2) is 0 Å². The highest BCUT2D eigenvalue weighted by molar-refractivity contribution is 5.67. The van der Waals surface area contributed by atoms with Gasteiger partial charge in [0.2, 0.25) is 0 Å². The van der Waals surface area contributed by atoms with Crippen LogP contribution in [0.5, 0.6) is 0 Å². The molecule has 0 bridgehead atoms. The summed E-state index contributed by atoms with van der Waals surface area (Å²) in [5, 5.41) is 1.82. The number of nitrogens with zero attached hydrogens (tertiary/aromatic N) is 1. The van der Waals surface area contributed by atoms with Crippen LogP contribution in [0.4, 0.5) is 4.79 Å². The summed E-state index contributed by atoms with van der Waals surface area (Å²) in [5.74, 6) is 0. The molecule has 0 saturated carbocycles. The van der Waals surface area contributed by atoms with E-state index in [1.807, 2.05) is 25.8 Å². The molecule has 88 valence electrons. The molecule has 1 saturated heterocycles. The maximum absolute atomic E-state index is 11.4. The second kappa shape index (κ2) is 4.81. The molecule has 0 aliphatic carbocycles. The third-order valence-corrected chi connectivity index (χ3v) is 2.11. The molecule has 0 aromatic carbocycles. The number of carbonyl (C=O) groups excluding carboxylic acids is 1. The van der Waals surface area contributed by atoms with E-state index in [4.69, 9.17) is 10.5 Å². The average molecular weight is 215 g/mol. The van der Waals surface area contributed by atoms with E-state index in [1.54, 1.807) is 0 Å². The van der Waals surface area contributed by atoms with Crippen molar-refractivity contribution in [3.8, 4) is 0 Å². The van der Waals surface area contributed by atoms with Crippen molar-refractivity contribution in [1.82, 2.24) is 10.4 Å². The topological polar surface area (TPSA) is 67.6 Å². The van der Waals surface area contributed by atoms with Crippen LogP contribution in [0.3, 0.4) is 0 Å². The first-order valence-electron chi connectivity index (χ1n) is 5.37. The van der Waals surface area contributed by atoms with Gasteiger partial charge in [-0.15, -0.1) is 0 Å². The summed E-state index contributed by atoms with van der Waals surface area (Å²) < 4.78 is 5.14. The smallest absolute Gasteiger partial charge is 0.422 e. The highest BCUT2D eigenvalue weighted by Crippen LogP contribution is 2.09. The first-order valence-corrected chi connectivity index (χ1v) is 5.37. The largest absolute Gasteiger partial charge is 0.443 e. The quantitative estimate of drug-likeness (QED) is 0.680. The molecule has 5 heteroatoms. The van der Waals surface area contributed by atoms with Crippen LogP contribution in [-0.4, -0.2) is 35.8 Å². The van der Waals surface area contributed by atoms with E-state index in [1.165, 1.54) is 0 Å². The van der Waals surface area contributed by atoms with Crippen LogP contribution in [0, 0.1) is 0 Å². The van der Waals surface area contributed by atoms with Crippen molar-refractivity contribution >= 4 is 6.09 Å². The maximum atomic E-state index is 11.4. The Kier molecular flexibility index (Phi) is 3.93. The maximum Gasteiger partial charge on any atom is 0.422 e. The zero-order valence-electron chi connectivity index (χ0n) is 9.75. The van der Waals surface area contributed by atoms with E-state index >= 15 is 0 Å². The number of ether oxygens (including phenoxy) is 1. The second-order valence-electron chi connectivity index (χ2n) is 4.96. The van der Waals surface area contributed by atoms with Gasteiger partial charge in [0, 0.05) is 19.1 Å². The molecule has 0 aromatic rings. The predicted molar refractivity (Wildman–Crippen MR) is 58.2 cm³/mol. The van der Waals surface area contributed by atoms with E-state index < -0.39 is 11.7 Å². The molecule has 1 fully saturated rings. The number of nitrogens with two attached hydrogens (primary N) is 1. The van der Waals surface area contributed by atoms with Crippen molar-refractivity contribution in [3.05, 3.63) is 0 Å². The molecule has 1 aliphatic rings. The van der Waals surface area contributed by atoms with Crippen molar-refractivity contribution in [1.29, 1.82) is 0 Å². The molecular formula is C10H21N3O2.